The fourth-order valence-corrected chi connectivity index (χ4v) is 4.67. The van der Waals surface area contributed by atoms with Crippen LogP contribution in [0.3, 0.4) is 0 Å². The van der Waals surface area contributed by atoms with Gasteiger partial charge in [0.05, 0.1) is 17.5 Å². The van der Waals surface area contributed by atoms with Crippen LogP contribution in [0.5, 0.6) is 11.5 Å². The number of thioether (sulfide) groups is 1. The highest BCUT2D eigenvalue weighted by Crippen LogP contribution is 2.38. The summed E-state index contributed by atoms with van der Waals surface area (Å²) in [7, 11) is 0. The minimum atomic E-state index is 0.0547. The van der Waals surface area contributed by atoms with Crippen molar-refractivity contribution in [1.29, 1.82) is 0 Å². The van der Waals surface area contributed by atoms with Crippen molar-refractivity contribution < 1.29 is 14.3 Å². The Labute approximate surface area is 178 Å². The fourth-order valence-electron chi connectivity index (χ4n) is 3.89. The van der Waals surface area contributed by atoms with Gasteiger partial charge in [0.2, 0.25) is 11.1 Å². The Hall–Kier alpha value is -3.07. The van der Waals surface area contributed by atoms with E-state index < -0.39 is 0 Å². The molecule has 8 nitrogen and oxygen atoms in total. The zero-order chi connectivity index (χ0) is 20.3. The number of benzene rings is 2. The monoisotopic (exact) mass is 423 g/mol. The Balaban J connectivity index is 1.28. The lowest BCUT2D eigenvalue weighted by molar-refractivity contribution is -0.129. The minimum absolute atomic E-state index is 0.0547. The third-order valence-electron chi connectivity index (χ3n) is 5.29. The van der Waals surface area contributed by atoms with Crippen molar-refractivity contribution >= 4 is 17.7 Å². The molecule has 2 aliphatic rings. The second-order valence-corrected chi connectivity index (χ2v) is 8.09. The number of fused-ring (bicyclic) bond motifs is 1. The van der Waals surface area contributed by atoms with Gasteiger partial charge in [0, 0.05) is 6.54 Å². The number of aromatic nitrogens is 4. The molecule has 0 aliphatic carbocycles. The summed E-state index contributed by atoms with van der Waals surface area (Å²) in [5.41, 5.74) is 1.96. The van der Waals surface area contributed by atoms with E-state index in [1.807, 2.05) is 53.4 Å². The van der Waals surface area contributed by atoms with E-state index in [2.05, 4.69) is 15.5 Å². The number of rotatable bonds is 5. The highest BCUT2D eigenvalue weighted by Gasteiger charge is 2.31. The maximum absolute atomic E-state index is 13.0. The average Bonchev–Trinajstić information content (AvgIpc) is 3.47. The van der Waals surface area contributed by atoms with E-state index in [4.69, 9.17) is 9.47 Å². The smallest absolute Gasteiger partial charge is 0.233 e. The second kappa shape index (κ2) is 8.35. The third-order valence-corrected chi connectivity index (χ3v) is 6.19. The molecule has 154 valence electrons. The number of likely N-dealkylation sites (tertiary alicyclic amines) is 1. The minimum Gasteiger partial charge on any atom is -0.486 e. The van der Waals surface area contributed by atoms with Gasteiger partial charge in [-0.25, -0.2) is 0 Å². The van der Waals surface area contributed by atoms with Crippen LogP contribution >= 0.6 is 11.8 Å². The third kappa shape index (κ3) is 3.72. The molecule has 0 saturated carbocycles. The summed E-state index contributed by atoms with van der Waals surface area (Å²) in [5, 5.41) is 12.5. The van der Waals surface area contributed by atoms with Crippen molar-refractivity contribution in [2.45, 2.75) is 24.0 Å². The van der Waals surface area contributed by atoms with Gasteiger partial charge < -0.3 is 14.4 Å². The van der Waals surface area contributed by atoms with Crippen molar-refractivity contribution in [2.24, 2.45) is 0 Å². The molecule has 5 rings (SSSR count). The van der Waals surface area contributed by atoms with Gasteiger partial charge in [-0.1, -0.05) is 36.0 Å². The van der Waals surface area contributed by atoms with Gasteiger partial charge in [0.25, 0.3) is 0 Å². The zero-order valence-electron chi connectivity index (χ0n) is 16.3. The molecule has 30 heavy (non-hydrogen) atoms. The maximum Gasteiger partial charge on any atom is 0.233 e. The highest BCUT2D eigenvalue weighted by atomic mass is 32.2. The molecule has 1 aromatic heterocycles. The molecule has 0 unspecified atom stereocenters. The molecule has 1 saturated heterocycles. The van der Waals surface area contributed by atoms with Crippen LogP contribution in [-0.4, -0.2) is 56.5 Å². The number of ether oxygens (including phenoxy) is 2. The first-order valence-electron chi connectivity index (χ1n) is 9.95. The number of hydrogen-bond donors (Lipinski definition) is 0. The summed E-state index contributed by atoms with van der Waals surface area (Å²) in [6, 6.07) is 15.7. The summed E-state index contributed by atoms with van der Waals surface area (Å²) in [4.78, 5) is 15.0. The zero-order valence-corrected chi connectivity index (χ0v) is 17.1. The van der Waals surface area contributed by atoms with Crippen LogP contribution in [-0.2, 0) is 4.79 Å². The summed E-state index contributed by atoms with van der Waals surface area (Å²) in [5.74, 6) is 1.90. The predicted molar refractivity (Wildman–Crippen MR) is 111 cm³/mol. The van der Waals surface area contributed by atoms with Gasteiger partial charge >= 0.3 is 0 Å². The van der Waals surface area contributed by atoms with E-state index in [0.29, 0.717) is 18.4 Å². The summed E-state index contributed by atoms with van der Waals surface area (Å²) in [6.45, 7) is 1.87. The molecule has 3 heterocycles. The quantitative estimate of drug-likeness (QED) is 0.584. The van der Waals surface area contributed by atoms with E-state index in [1.54, 1.807) is 4.68 Å². The van der Waals surface area contributed by atoms with Gasteiger partial charge in [-0.15, -0.1) is 5.10 Å². The van der Waals surface area contributed by atoms with Crippen molar-refractivity contribution in [2.75, 3.05) is 25.5 Å². The van der Waals surface area contributed by atoms with Crippen LogP contribution < -0.4 is 9.47 Å². The van der Waals surface area contributed by atoms with Crippen molar-refractivity contribution in [1.82, 2.24) is 25.1 Å². The standard InChI is InChI=1S/C21H21N5O3S/c27-20(14-30-21-22-23-24-26(21)16-5-2-1-3-6-16)25-10-4-7-17(25)15-8-9-18-19(13-15)29-12-11-28-18/h1-3,5-6,8-9,13,17H,4,7,10-12,14H2/t17-/m0/s1. The Bertz CT molecular complexity index is 1040. The molecule has 0 spiro atoms. The number of nitrogens with zero attached hydrogens (tertiary/aromatic N) is 5. The Morgan fingerprint density at radius 1 is 1.10 bits per heavy atom. The fraction of sp³-hybridized carbons (Fsp3) is 0.333. The lowest BCUT2D eigenvalue weighted by atomic mass is 10.0. The first-order chi connectivity index (χ1) is 14.8. The van der Waals surface area contributed by atoms with Gasteiger partial charge in [-0.3, -0.25) is 4.79 Å². The molecule has 0 radical (unpaired) electrons. The van der Waals surface area contributed by atoms with Gasteiger partial charge in [-0.05, 0) is 53.1 Å². The SMILES string of the molecule is O=C(CSc1nnnn1-c1ccccc1)N1CCC[C@H]1c1ccc2c(c1)OCCO2. The molecule has 0 N–H and O–H groups in total. The van der Waals surface area contributed by atoms with Crippen molar-refractivity contribution in [3.8, 4) is 17.2 Å². The highest BCUT2D eigenvalue weighted by molar-refractivity contribution is 7.99. The number of amides is 1. The van der Waals surface area contributed by atoms with Gasteiger partial charge in [0.15, 0.2) is 11.5 Å². The van der Waals surface area contributed by atoms with E-state index in [1.165, 1.54) is 11.8 Å². The van der Waals surface area contributed by atoms with E-state index >= 15 is 0 Å². The lowest BCUT2D eigenvalue weighted by Gasteiger charge is -2.26. The molecule has 9 heteroatoms. The maximum atomic E-state index is 13.0. The van der Waals surface area contributed by atoms with E-state index in [9.17, 15) is 4.79 Å². The number of carbonyl (C=O) groups is 1. The summed E-state index contributed by atoms with van der Waals surface area (Å²) >= 11 is 1.35. The van der Waals surface area contributed by atoms with Crippen LogP contribution in [0.4, 0.5) is 0 Å². The second-order valence-electron chi connectivity index (χ2n) is 7.15. The Morgan fingerprint density at radius 2 is 1.93 bits per heavy atom. The number of hydrogen-bond acceptors (Lipinski definition) is 7. The molecular formula is C21H21N5O3S. The first-order valence-corrected chi connectivity index (χ1v) is 10.9. The molecule has 1 fully saturated rings. The normalized spacial score (nSPS) is 17.9. The molecular weight excluding hydrogens is 402 g/mol. The number of tetrazole rings is 1. The Kier molecular flexibility index (Phi) is 5.27. The van der Waals surface area contributed by atoms with Gasteiger partial charge in [0.1, 0.15) is 13.2 Å². The molecule has 2 aromatic carbocycles. The molecule has 1 atom stereocenters. The number of para-hydroxylation sites is 1. The topological polar surface area (TPSA) is 82.4 Å². The van der Waals surface area contributed by atoms with Crippen LogP contribution in [0, 0.1) is 0 Å². The van der Waals surface area contributed by atoms with Crippen LogP contribution in [0.2, 0.25) is 0 Å². The summed E-state index contributed by atoms with van der Waals surface area (Å²) in [6.07, 6.45) is 1.93. The van der Waals surface area contributed by atoms with Crippen molar-refractivity contribution in [3.05, 3.63) is 54.1 Å². The molecule has 0 bridgehead atoms. The van der Waals surface area contributed by atoms with Crippen LogP contribution in [0.1, 0.15) is 24.4 Å². The van der Waals surface area contributed by atoms with Crippen LogP contribution in [0.15, 0.2) is 53.7 Å². The lowest BCUT2D eigenvalue weighted by Crippen LogP contribution is -2.32. The molecule has 1 amide bonds. The first kappa shape index (κ1) is 18.9. The van der Waals surface area contributed by atoms with E-state index in [0.717, 1.165) is 42.1 Å². The predicted octanol–water partition coefficient (Wildman–Crippen LogP) is 2.89. The largest absolute Gasteiger partial charge is 0.486 e. The molecule has 3 aromatic rings. The molecule has 2 aliphatic heterocycles. The number of carbonyl (C=O) groups excluding carboxylic acids is 1. The Morgan fingerprint density at radius 3 is 2.80 bits per heavy atom. The summed E-state index contributed by atoms with van der Waals surface area (Å²) < 4.78 is 13.0. The van der Waals surface area contributed by atoms with E-state index in [-0.39, 0.29) is 17.7 Å². The van der Waals surface area contributed by atoms with Crippen molar-refractivity contribution in [3.63, 3.8) is 0 Å². The average molecular weight is 423 g/mol. The van der Waals surface area contributed by atoms with Gasteiger partial charge in [-0.2, -0.15) is 4.68 Å². The van der Waals surface area contributed by atoms with Crippen LogP contribution in [0.25, 0.3) is 5.69 Å².